The number of carbonyl (C=O) groups excluding carboxylic acids is 1. The summed E-state index contributed by atoms with van der Waals surface area (Å²) in [5.74, 6) is -0.0929. The number of halogens is 1. The third-order valence-electron chi connectivity index (χ3n) is 5.09. The zero-order chi connectivity index (χ0) is 18.4. The number of aryl methyl sites for hydroxylation is 1. The van der Waals surface area contributed by atoms with E-state index in [9.17, 15) is 9.18 Å². The molecule has 1 aliphatic heterocycles. The Kier molecular flexibility index (Phi) is 6.36. The normalized spacial score (nSPS) is 19.9. The van der Waals surface area contributed by atoms with Gasteiger partial charge in [0.1, 0.15) is 38.5 Å². The highest BCUT2D eigenvalue weighted by Crippen LogP contribution is 2.14. The number of quaternary nitrogens is 2. The summed E-state index contributed by atoms with van der Waals surface area (Å²) in [4.78, 5) is 15.2. The topological polar surface area (TPSA) is 38.0 Å². The number of hydrogen-bond donors (Lipinski definition) is 3. The Hall–Kier alpha value is -2.24. The summed E-state index contributed by atoms with van der Waals surface area (Å²) < 4.78 is 13.3. The molecule has 4 nitrogen and oxygen atoms in total. The van der Waals surface area contributed by atoms with E-state index in [4.69, 9.17) is 0 Å². The van der Waals surface area contributed by atoms with Crippen LogP contribution in [-0.2, 0) is 17.8 Å². The molecule has 0 aliphatic carbocycles. The first-order valence-electron chi connectivity index (χ1n) is 9.43. The summed E-state index contributed by atoms with van der Waals surface area (Å²) >= 11 is 0. The van der Waals surface area contributed by atoms with Crippen LogP contribution < -0.4 is 15.1 Å². The van der Waals surface area contributed by atoms with Crippen LogP contribution >= 0.6 is 0 Å². The fraction of sp³-hybridized carbons (Fsp3) is 0.381. The van der Waals surface area contributed by atoms with Crippen LogP contribution in [0.25, 0.3) is 0 Å². The highest BCUT2D eigenvalue weighted by atomic mass is 19.1. The Bertz CT molecular complexity index is 742. The van der Waals surface area contributed by atoms with Gasteiger partial charge in [-0.25, -0.2) is 4.39 Å². The summed E-state index contributed by atoms with van der Waals surface area (Å²) in [5.41, 5.74) is 3.13. The lowest BCUT2D eigenvalue weighted by Gasteiger charge is -2.29. The number of para-hydroxylation sites is 1. The molecule has 26 heavy (non-hydrogen) atoms. The molecule has 1 heterocycles. The minimum atomic E-state index is -0.171. The highest BCUT2D eigenvalue weighted by molar-refractivity contribution is 5.92. The second-order valence-electron chi connectivity index (χ2n) is 7.04. The van der Waals surface area contributed by atoms with Crippen molar-refractivity contribution in [1.82, 2.24) is 0 Å². The van der Waals surface area contributed by atoms with Crippen LogP contribution in [0.5, 0.6) is 0 Å². The molecule has 3 rings (SSSR count). The third-order valence-corrected chi connectivity index (χ3v) is 5.09. The van der Waals surface area contributed by atoms with Crippen LogP contribution in [0, 0.1) is 5.82 Å². The lowest BCUT2D eigenvalue weighted by Crippen LogP contribution is -3.28. The Morgan fingerprint density at radius 1 is 1.04 bits per heavy atom. The molecule has 2 aromatic rings. The van der Waals surface area contributed by atoms with Gasteiger partial charge < -0.3 is 15.1 Å². The van der Waals surface area contributed by atoms with E-state index < -0.39 is 0 Å². The molecule has 1 amide bonds. The molecule has 1 fully saturated rings. The van der Waals surface area contributed by atoms with Crippen LogP contribution in [0.4, 0.5) is 10.1 Å². The molecule has 2 aromatic carbocycles. The van der Waals surface area contributed by atoms with Gasteiger partial charge in [-0.15, -0.1) is 0 Å². The van der Waals surface area contributed by atoms with E-state index in [0.29, 0.717) is 6.54 Å². The molecule has 0 atom stereocenters. The van der Waals surface area contributed by atoms with Crippen molar-refractivity contribution in [1.29, 1.82) is 0 Å². The maximum absolute atomic E-state index is 13.3. The Morgan fingerprint density at radius 2 is 1.77 bits per heavy atom. The lowest BCUT2D eigenvalue weighted by molar-refractivity contribution is -1.02. The van der Waals surface area contributed by atoms with E-state index in [0.717, 1.165) is 50.4 Å². The molecule has 1 aliphatic rings. The molecule has 0 radical (unpaired) electrons. The summed E-state index contributed by atoms with van der Waals surface area (Å²) in [7, 11) is 0. The number of benzene rings is 2. The van der Waals surface area contributed by atoms with Crippen LogP contribution in [0.1, 0.15) is 18.1 Å². The molecule has 3 N–H and O–H groups in total. The zero-order valence-electron chi connectivity index (χ0n) is 15.4. The standard InChI is InChI=1S/C21H26FN3O/c1-2-18-7-3-4-9-20(18)23-21(26)16-25-12-10-24(11-13-25)15-17-6-5-8-19(22)14-17/h3-9,14H,2,10-13,15-16H2,1H3,(H,23,26)/p+2. The van der Waals surface area contributed by atoms with E-state index in [1.54, 1.807) is 12.1 Å². The quantitative estimate of drug-likeness (QED) is 0.684. The Labute approximate surface area is 154 Å². The van der Waals surface area contributed by atoms with Crippen molar-refractivity contribution in [3.63, 3.8) is 0 Å². The van der Waals surface area contributed by atoms with Gasteiger partial charge in [-0.1, -0.05) is 37.3 Å². The van der Waals surface area contributed by atoms with Gasteiger partial charge in [0.2, 0.25) is 0 Å². The molecule has 0 saturated carbocycles. The molecule has 0 bridgehead atoms. The van der Waals surface area contributed by atoms with Crippen LogP contribution in [0.2, 0.25) is 0 Å². The third kappa shape index (κ3) is 5.13. The largest absolute Gasteiger partial charge is 0.322 e. The van der Waals surface area contributed by atoms with Crippen LogP contribution in [0.3, 0.4) is 0 Å². The number of rotatable bonds is 6. The first-order chi connectivity index (χ1) is 12.6. The van der Waals surface area contributed by atoms with Crippen molar-refractivity contribution >= 4 is 11.6 Å². The molecule has 5 heteroatoms. The van der Waals surface area contributed by atoms with Gasteiger partial charge in [0.05, 0.1) is 0 Å². The van der Waals surface area contributed by atoms with E-state index in [1.807, 2.05) is 24.3 Å². The van der Waals surface area contributed by atoms with Gasteiger partial charge in [-0.3, -0.25) is 4.79 Å². The molecule has 0 unspecified atom stereocenters. The minimum absolute atomic E-state index is 0.0782. The Balaban J connectivity index is 1.45. The molecular formula is C21H28FN3O+2. The summed E-state index contributed by atoms with van der Waals surface area (Å²) in [6.45, 7) is 7.39. The van der Waals surface area contributed by atoms with Gasteiger partial charge in [-0.05, 0) is 30.2 Å². The fourth-order valence-corrected chi connectivity index (χ4v) is 3.62. The minimum Gasteiger partial charge on any atom is -0.322 e. The molecule has 0 aromatic heterocycles. The first kappa shape index (κ1) is 18.5. The number of carbonyl (C=O) groups is 1. The van der Waals surface area contributed by atoms with Gasteiger partial charge >= 0.3 is 0 Å². The summed E-state index contributed by atoms with van der Waals surface area (Å²) in [6.07, 6.45) is 0.908. The van der Waals surface area contributed by atoms with Crippen LogP contribution in [-0.4, -0.2) is 38.6 Å². The van der Waals surface area contributed by atoms with Crippen molar-refractivity contribution in [3.05, 3.63) is 65.5 Å². The second-order valence-corrected chi connectivity index (χ2v) is 7.04. The zero-order valence-corrected chi connectivity index (χ0v) is 15.4. The SMILES string of the molecule is CCc1ccccc1NC(=O)C[NH+]1CC[NH+](Cc2cccc(F)c2)CC1. The Morgan fingerprint density at radius 3 is 2.50 bits per heavy atom. The summed E-state index contributed by atoms with van der Waals surface area (Å²) in [6, 6.07) is 14.8. The van der Waals surface area contributed by atoms with E-state index in [-0.39, 0.29) is 11.7 Å². The number of anilines is 1. The van der Waals surface area contributed by atoms with Crippen molar-refractivity contribution in [2.24, 2.45) is 0 Å². The van der Waals surface area contributed by atoms with E-state index in [2.05, 4.69) is 18.3 Å². The van der Waals surface area contributed by atoms with Gasteiger partial charge in [0.25, 0.3) is 5.91 Å². The van der Waals surface area contributed by atoms with E-state index in [1.165, 1.54) is 21.4 Å². The van der Waals surface area contributed by atoms with Crippen LogP contribution in [0.15, 0.2) is 48.5 Å². The molecule has 0 spiro atoms. The average Bonchev–Trinajstić information content (AvgIpc) is 2.64. The lowest BCUT2D eigenvalue weighted by atomic mass is 10.1. The van der Waals surface area contributed by atoms with Gasteiger partial charge in [0.15, 0.2) is 6.54 Å². The maximum atomic E-state index is 13.3. The number of nitrogens with one attached hydrogen (secondary N) is 3. The van der Waals surface area contributed by atoms with Crippen molar-refractivity contribution in [2.75, 3.05) is 38.0 Å². The predicted octanol–water partition coefficient (Wildman–Crippen LogP) is 0.310. The molecular weight excluding hydrogens is 329 g/mol. The maximum Gasteiger partial charge on any atom is 0.279 e. The van der Waals surface area contributed by atoms with Crippen molar-refractivity contribution in [3.8, 4) is 0 Å². The first-order valence-corrected chi connectivity index (χ1v) is 9.43. The van der Waals surface area contributed by atoms with E-state index >= 15 is 0 Å². The number of hydrogen-bond acceptors (Lipinski definition) is 1. The number of piperazine rings is 1. The second kappa shape index (κ2) is 8.92. The highest BCUT2D eigenvalue weighted by Gasteiger charge is 2.25. The van der Waals surface area contributed by atoms with Crippen molar-refractivity contribution in [2.45, 2.75) is 19.9 Å². The molecule has 1 saturated heterocycles. The fourth-order valence-electron chi connectivity index (χ4n) is 3.62. The summed E-state index contributed by atoms with van der Waals surface area (Å²) in [5, 5.41) is 3.06. The van der Waals surface area contributed by atoms with Gasteiger partial charge in [-0.2, -0.15) is 0 Å². The number of amides is 1. The molecule has 138 valence electrons. The van der Waals surface area contributed by atoms with Crippen molar-refractivity contribution < 1.29 is 19.0 Å². The predicted molar refractivity (Wildman–Crippen MR) is 101 cm³/mol. The van der Waals surface area contributed by atoms with Gasteiger partial charge in [0, 0.05) is 11.3 Å². The smallest absolute Gasteiger partial charge is 0.279 e. The monoisotopic (exact) mass is 357 g/mol. The average molecular weight is 357 g/mol.